The van der Waals surface area contributed by atoms with Crippen LogP contribution in [0.15, 0.2) is 6.07 Å². The van der Waals surface area contributed by atoms with E-state index < -0.39 is 0 Å². The normalized spacial score (nSPS) is 21.6. The van der Waals surface area contributed by atoms with Crippen molar-refractivity contribution in [1.82, 2.24) is 15.1 Å². The SMILES string of the molecule is CCc1cc(C(=O)NC2CCC(C)(C)C2)n(CC)n1. The maximum Gasteiger partial charge on any atom is 0.269 e. The molecule has 0 spiro atoms. The Hall–Kier alpha value is -1.32. The summed E-state index contributed by atoms with van der Waals surface area (Å²) < 4.78 is 1.80. The van der Waals surface area contributed by atoms with E-state index in [4.69, 9.17) is 0 Å². The zero-order valence-electron chi connectivity index (χ0n) is 12.5. The summed E-state index contributed by atoms with van der Waals surface area (Å²) >= 11 is 0. The quantitative estimate of drug-likeness (QED) is 0.908. The molecular formula is C15H25N3O. The Morgan fingerprint density at radius 3 is 2.79 bits per heavy atom. The number of rotatable bonds is 4. The Kier molecular flexibility index (Phi) is 3.97. The molecule has 106 valence electrons. The topological polar surface area (TPSA) is 46.9 Å². The number of hydrogen-bond donors (Lipinski definition) is 1. The monoisotopic (exact) mass is 263 g/mol. The molecule has 1 heterocycles. The average molecular weight is 263 g/mol. The van der Waals surface area contributed by atoms with Gasteiger partial charge in [-0.1, -0.05) is 20.8 Å². The molecule has 1 N–H and O–H groups in total. The highest BCUT2D eigenvalue weighted by atomic mass is 16.2. The molecule has 1 fully saturated rings. The summed E-state index contributed by atoms with van der Waals surface area (Å²) in [6.07, 6.45) is 4.20. The van der Waals surface area contributed by atoms with Gasteiger partial charge in [0.1, 0.15) is 5.69 Å². The van der Waals surface area contributed by atoms with Crippen molar-refractivity contribution in [3.63, 3.8) is 0 Å². The van der Waals surface area contributed by atoms with Crippen molar-refractivity contribution in [3.05, 3.63) is 17.5 Å². The second-order valence-electron chi connectivity index (χ2n) is 6.27. The molecule has 1 atom stereocenters. The number of carbonyl (C=O) groups excluding carboxylic acids is 1. The second kappa shape index (κ2) is 5.35. The molecule has 1 saturated carbocycles. The van der Waals surface area contributed by atoms with Gasteiger partial charge in [-0.3, -0.25) is 9.48 Å². The van der Waals surface area contributed by atoms with Crippen LogP contribution in [0.1, 0.15) is 63.1 Å². The molecule has 1 aromatic heterocycles. The molecule has 0 aromatic carbocycles. The van der Waals surface area contributed by atoms with Crippen LogP contribution < -0.4 is 5.32 Å². The van der Waals surface area contributed by atoms with Gasteiger partial charge in [-0.2, -0.15) is 5.10 Å². The van der Waals surface area contributed by atoms with Crippen molar-refractivity contribution in [2.75, 3.05) is 0 Å². The van der Waals surface area contributed by atoms with Gasteiger partial charge in [0.25, 0.3) is 5.91 Å². The average Bonchev–Trinajstić information content (AvgIpc) is 2.92. The zero-order valence-corrected chi connectivity index (χ0v) is 12.5. The fourth-order valence-corrected chi connectivity index (χ4v) is 2.89. The van der Waals surface area contributed by atoms with E-state index in [9.17, 15) is 4.79 Å². The lowest BCUT2D eigenvalue weighted by Crippen LogP contribution is -2.34. The molecule has 1 amide bonds. The third-order valence-electron chi connectivity index (χ3n) is 4.03. The molecule has 0 aliphatic heterocycles. The standard InChI is InChI=1S/C15H25N3O/c1-5-11-9-13(18(6-2)17-11)14(19)16-12-7-8-15(3,4)10-12/h9,12H,5-8,10H2,1-4H3,(H,16,19). The van der Waals surface area contributed by atoms with Crippen molar-refractivity contribution in [3.8, 4) is 0 Å². The molecule has 2 rings (SSSR count). The van der Waals surface area contributed by atoms with Crippen molar-refractivity contribution in [2.24, 2.45) is 5.41 Å². The Morgan fingerprint density at radius 2 is 2.26 bits per heavy atom. The zero-order chi connectivity index (χ0) is 14.0. The molecule has 1 aliphatic rings. The number of aromatic nitrogens is 2. The first kappa shape index (κ1) is 14.1. The Labute approximate surface area is 115 Å². The summed E-state index contributed by atoms with van der Waals surface area (Å²) in [4.78, 5) is 12.3. The van der Waals surface area contributed by atoms with E-state index in [1.165, 1.54) is 6.42 Å². The highest BCUT2D eigenvalue weighted by Crippen LogP contribution is 2.36. The van der Waals surface area contributed by atoms with Gasteiger partial charge in [0.05, 0.1) is 5.69 Å². The van der Waals surface area contributed by atoms with Crippen molar-refractivity contribution in [1.29, 1.82) is 0 Å². The predicted octanol–water partition coefficient (Wildman–Crippen LogP) is 2.77. The number of nitrogens with one attached hydrogen (secondary N) is 1. The third-order valence-corrected chi connectivity index (χ3v) is 4.03. The van der Waals surface area contributed by atoms with Gasteiger partial charge in [0, 0.05) is 12.6 Å². The van der Waals surface area contributed by atoms with Crippen LogP contribution in [-0.4, -0.2) is 21.7 Å². The van der Waals surface area contributed by atoms with E-state index in [-0.39, 0.29) is 5.91 Å². The molecule has 1 aliphatic carbocycles. The molecule has 0 bridgehead atoms. The third kappa shape index (κ3) is 3.17. The van der Waals surface area contributed by atoms with E-state index in [1.807, 2.05) is 13.0 Å². The van der Waals surface area contributed by atoms with Crippen molar-refractivity contribution < 1.29 is 4.79 Å². The lowest BCUT2D eigenvalue weighted by molar-refractivity contribution is 0.0925. The predicted molar refractivity (Wildman–Crippen MR) is 76.2 cm³/mol. The minimum absolute atomic E-state index is 0.0248. The van der Waals surface area contributed by atoms with Crippen LogP contribution in [0, 0.1) is 5.41 Å². The van der Waals surface area contributed by atoms with E-state index in [1.54, 1.807) is 4.68 Å². The van der Waals surface area contributed by atoms with E-state index >= 15 is 0 Å². The molecule has 19 heavy (non-hydrogen) atoms. The summed E-state index contributed by atoms with van der Waals surface area (Å²) in [5.74, 6) is 0.0248. The molecule has 1 aromatic rings. The summed E-state index contributed by atoms with van der Waals surface area (Å²) in [6, 6.07) is 2.23. The minimum atomic E-state index is 0.0248. The maximum atomic E-state index is 12.3. The highest BCUT2D eigenvalue weighted by Gasteiger charge is 2.32. The van der Waals surface area contributed by atoms with Gasteiger partial charge in [-0.15, -0.1) is 0 Å². The van der Waals surface area contributed by atoms with Gasteiger partial charge in [-0.05, 0) is 44.1 Å². The summed E-state index contributed by atoms with van der Waals surface area (Å²) in [5.41, 5.74) is 2.04. The number of aryl methyl sites for hydroxylation is 2. The molecule has 1 unspecified atom stereocenters. The first-order chi connectivity index (χ1) is 8.95. The second-order valence-corrected chi connectivity index (χ2v) is 6.27. The van der Waals surface area contributed by atoms with Gasteiger partial charge in [0.15, 0.2) is 0 Å². The van der Waals surface area contributed by atoms with Gasteiger partial charge < -0.3 is 5.32 Å². The maximum absolute atomic E-state index is 12.3. The van der Waals surface area contributed by atoms with Crippen LogP contribution in [0.5, 0.6) is 0 Å². The number of carbonyl (C=O) groups is 1. The lowest BCUT2D eigenvalue weighted by atomic mass is 9.92. The first-order valence-electron chi connectivity index (χ1n) is 7.32. The summed E-state index contributed by atoms with van der Waals surface area (Å²) in [5, 5.41) is 7.59. The molecule has 0 saturated heterocycles. The largest absolute Gasteiger partial charge is 0.348 e. The molecular weight excluding hydrogens is 238 g/mol. The molecule has 4 nitrogen and oxygen atoms in total. The van der Waals surface area contributed by atoms with E-state index in [0.717, 1.165) is 31.5 Å². The van der Waals surface area contributed by atoms with Gasteiger partial charge in [-0.25, -0.2) is 0 Å². The van der Waals surface area contributed by atoms with Crippen LogP contribution in [0.25, 0.3) is 0 Å². The van der Waals surface area contributed by atoms with Crippen LogP contribution in [0.4, 0.5) is 0 Å². The minimum Gasteiger partial charge on any atom is -0.348 e. The Morgan fingerprint density at radius 1 is 1.53 bits per heavy atom. The van der Waals surface area contributed by atoms with E-state index in [0.29, 0.717) is 17.2 Å². The summed E-state index contributed by atoms with van der Waals surface area (Å²) in [6.45, 7) is 9.35. The fourth-order valence-electron chi connectivity index (χ4n) is 2.89. The first-order valence-corrected chi connectivity index (χ1v) is 7.32. The number of nitrogens with zero attached hydrogens (tertiary/aromatic N) is 2. The fraction of sp³-hybridized carbons (Fsp3) is 0.733. The molecule has 4 heteroatoms. The molecule has 0 radical (unpaired) electrons. The van der Waals surface area contributed by atoms with Crippen LogP contribution in [0.2, 0.25) is 0 Å². The van der Waals surface area contributed by atoms with Crippen molar-refractivity contribution in [2.45, 2.75) is 66.0 Å². The van der Waals surface area contributed by atoms with Crippen molar-refractivity contribution >= 4 is 5.91 Å². The number of hydrogen-bond acceptors (Lipinski definition) is 2. The smallest absolute Gasteiger partial charge is 0.269 e. The van der Waals surface area contributed by atoms with Crippen LogP contribution in [0.3, 0.4) is 0 Å². The Balaban J connectivity index is 2.06. The van der Waals surface area contributed by atoms with Gasteiger partial charge in [0.2, 0.25) is 0 Å². The number of amides is 1. The van der Waals surface area contributed by atoms with Crippen LogP contribution >= 0.6 is 0 Å². The Bertz CT molecular complexity index is 462. The van der Waals surface area contributed by atoms with Gasteiger partial charge >= 0.3 is 0 Å². The van der Waals surface area contributed by atoms with Crippen LogP contribution in [-0.2, 0) is 13.0 Å². The highest BCUT2D eigenvalue weighted by molar-refractivity contribution is 5.92. The van der Waals surface area contributed by atoms with E-state index in [2.05, 4.69) is 31.2 Å². The summed E-state index contributed by atoms with van der Waals surface area (Å²) in [7, 11) is 0. The lowest BCUT2D eigenvalue weighted by Gasteiger charge is -2.18.